The number of sulfonamides is 1. The lowest BCUT2D eigenvalue weighted by atomic mass is 10.1. The van der Waals surface area contributed by atoms with Gasteiger partial charge in [-0.15, -0.1) is 0 Å². The van der Waals surface area contributed by atoms with E-state index in [1.807, 2.05) is 0 Å². The maximum absolute atomic E-state index is 13.4. The summed E-state index contributed by atoms with van der Waals surface area (Å²) in [6, 6.07) is 6.62. The summed E-state index contributed by atoms with van der Waals surface area (Å²) in [5, 5.41) is 0. The van der Waals surface area contributed by atoms with E-state index in [0.29, 0.717) is 98.5 Å². The monoisotopic (exact) mass is 660 g/mol. The Morgan fingerprint density at radius 3 is 2.17 bits per heavy atom. The topological polar surface area (TPSA) is 122 Å². The minimum absolute atomic E-state index is 0.0599. The number of methoxy groups -OCH3 is 5. The van der Waals surface area contributed by atoms with Gasteiger partial charge in [0.2, 0.25) is 21.5 Å². The van der Waals surface area contributed by atoms with Crippen LogP contribution in [0.1, 0.15) is 48.0 Å². The second-order valence-electron chi connectivity index (χ2n) is 10.9. The third-order valence-corrected chi connectivity index (χ3v) is 9.84. The summed E-state index contributed by atoms with van der Waals surface area (Å²) in [5.41, 5.74) is 0.886. The first-order chi connectivity index (χ1) is 22.2. The van der Waals surface area contributed by atoms with Gasteiger partial charge < -0.3 is 38.1 Å². The number of benzene rings is 2. The van der Waals surface area contributed by atoms with Crippen LogP contribution in [0.5, 0.6) is 34.5 Å². The van der Waals surface area contributed by atoms with Crippen molar-refractivity contribution in [2.75, 3.05) is 80.6 Å². The molecule has 0 spiro atoms. The summed E-state index contributed by atoms with van der Waals surface area (Å²) in [5.74, 6) is 7.88. The summed E-state index contributed by atoms with van der Waals surface area (Å²) in [6.07, 6.45) is 2.15. The van der Waals surface area contributed by atoms with E-state index >= 15 is 0 Å². The van der Waals surface area contributed by atoms with Crippen molar-refractivity contribution in [3.05, 3.63) is 35.4 Å². The third kappa shape index (κ3) is 8.90. The molecule has 1 fully saturated rings. The van der Waals surface area contributed by atoms with Gasteiger partial charge in [0.25, 0.3) is 0 Å². The van der Waals surface area contributed by atoms with Gasteiger partial charge in [-0.3, -0.25) is 0 Å². The van der Waals surface area contributed by atoms with E-state index in [2.05, 4.69) is 16.7 Å². The molecule has 0 N–H and O–H groups in total. The fourth-order valence-corrected chi connectivity index (χ4v) is 6.92. The molecule has 2 aliphatic heterocycles. The van der Waals surface area contributed by atoms with E-state index < -0.39 is 22.1 Å². The molecule has 3 unspecified atom stereocenters. The first kappa shape index (κ1) is 35.0. The largest absolute Gasteiger partial charge is 0.493 e. The van der Waals surface area contributed by atoms with Gasteiger partial charge in [0, 0.05) is 38.2 Å². The fraction of sp³-hybridized carbons (Fsp3) is 0.545. The van der Waals surface area contributed by atoms with Crippen LogP contribution in [0.4, 0.5) is 0 Å². The number of rotatable bonds is 7. The predicted octanol–water partition coefficient (Wildman–Crippen LogP) is 3.60. The van der Waals surface area contributed by atoms with Gasteiger partial charge in [0.1, 0.15) is 6.10 Å². The van der Waals surface area contributed by atoms with Crippen LogP contribution in [0.15, 0.2) is 24.3 Å². The molecule has 2 aliphatic rings. The Kier molecular flexibility index (Phi) is 12.7. The molecule has 3 atom stereocenters. The molecule has 4 bridgehead atoms. The number of fused-ring (bicyclic) bond motifs is 5. The molecular weight excluding hydrogens is 616 g/mol. The summed E-state index contributed by atoms with van der Waals surface area (Å²) < 4.78 is 67.3. The average molecular weight is 661 g/mol. The molecule has 46 heavy (non-hydrogen) atoms. The molecule has 1 saturated heterocycles. The number of nitrogens with zero attached hydrogens (tertiary/aromatic N) is 2. The molecule has 0 radical (unpaired) electrons. The number of ether oxygens (including phenoxy) is 7. The zero-order valence-electron chi connectivity index (χ0n) is 27.3. The van der Waals surface area contributed by atoms with Crippen LogP contribution in [0.2, 0.25) is 0 Å². The number of hydrogen-bond donors (Lipinski definition) is 0. The highest BCUT2D eigenvalue weighted by atomic mass is 32.2. The molecule has 12 nitrogen and oxygen atoms in total. The van der Waals surface area contributed by atoms with Crippen molar-refractivity contribution < 1.29 is 46.4 Å². The molecule has 4 rings (SSSR count). The normalized spacial score (nSPS) is 21.8. The van der Waals surface area contributed by atoms with Crippen LogP contribution in [0.25, 0.3) is 0 Å². The zero-order chi connectivity index (χ0) is 33.1. The lowest BCUT2D eigenvalue weighted by Crippen LogP contribution is -2.37. The minimum Gasteiger partial charge on any atom is -0.493 e. The minimum atomic E-state index is -3.47. The average Bonchev–Trinajstić information content (AvgIpc) is 3.32. The van der Waals surface area contributed by atoms with Gasteiger partial charge in [-0.2, -0.15) is 0 Å². The number of hydrogen-bond acceptors (Lipinski definition) is 11. The zero-order valence-corrected chi connectivity index (χ0v) is 28.1. The van der Waals surface area contributed by atoms with Crippen LogP contribution in [-0.4, -0.2) is 110 Å². The van der Waals surface area contributed by atoms with E-state index in [4.69, 9.17) is 33.2 Å². The summed E-state index contributed by atoms with van der Waals surface area (Å²) in [6.45, 7) is 3.17. The second kappa shape index (κ2) is 16.6. The molecule has 0 saturated carbocycles. The van der Waals surface area contributed by atoms with Gasteiger partial charge >= 0.3 is 5.97 Å². The van der Waals surface area contributed by atoms with Crippen molar-refractivity contribution in [3.63, 3.8) is 0 Å². The second-order valence-corrected chi connectivity index (χ2v) is 13.0. The summed E-state index contributed by atoms with van der Waals surface area (Å²) in [4.78, 5) is 15.7. The lowest BCUT2D eigenvalue weighted by molar-refractivity contribution is 0.0221. The van der Waals surface area contributed by atoms with Crippen molar-refractivity contribution in [2.24, 2.45) is 0 Å². The quantitative estimate of drug-likeness (QED) is 0.320. The molecule has 13 heteroatoms. The van der Waals surface area contributed by atoms with Crippen molar-refractivity contribution >= 4 is 16.0 Å². The maximum atomic E-state index is 13.4. The standard InChI is InChI=1S/C33H44N2O10S/c1-39-27-20-24-10-6-7-19-46(37,38)35-14-9-13-34(16-17-35)15-12-26(11-8-18-44-30(21-24)32(27)43-5)45-33(36)25-22-28(40-2)31(42-4)29(23-25)41-3/h20-23,26H,7-9,11-19H2,1-5H3. The van der Waals surface area contributed by atoms with E-state index in [-0.39, 0.29) is 17.7 Å². The SMILES string of the molecule is COc1cc(C(=O)OC2CCCOc3cc(cc(OC)c3OC)C#CCCS(=O)(=O)N3CCCN(CC2)CC3)cc(OC)c1OC. The van der Waals surface area contributed by atoms with Crippen LogP contribution in [0.3, 0.4) is 0 Å². The Morgan fingerprint density at radius 2 is 1.50 bits per heavy atom. The third-order valence-electron chi connectivity index (χ3n) is 7.97. The van der Waals surface area contributed by atoms with Crippen molar-refractivity contribution in [2.45, 2.75) is 38.2 Å². The van der Waals surface area contributed by atoms with E-state index in [1.165, 1.54) is 35.5 Å². The highest BCUT2D eigenvalue weighted by Gasteiger charge is 2.26. The van der Waals surface area contributed by atoms with E-state index in [9.17, 15) is 13.2 Å². The van der Waals surface area contributed by atoms with Crippen LogP contribution >= 0.6 is 0 Å². The lowest BCUT2D eigenvalue weighted by Gasteiger charge is -2.25. The number of carbonyl (C=O) groups is 1. The predicted molar refractivity (Wildman–Crippen MR) is 172 cm³/mol. The van der Waals surface area contributed by atoms with Crippen molar-refractivity contribution in [1.29, 1.82) is 0 Å². The van der Waals surface area contributed by atoms with Gasteiger partial charge in [-0.1, -0.05) is 11.8 Å². The Hall–Kier alpha value is -3.86. The first-order valence-electron chi connectivity index (χ1n) is 15.3. The van der Waals surface area contributed by atoms with Gasteiger partial charge in [0.05, 0.1) is 53.5 Å². The molecular formula is C33H44N2O10S. The van der Waals surface area contributed by atoms with Gasteiger partial charge in [0.15, 0.2) is 23.0 Å². The molecule has 2 aromatic carbocycles. The van der Waals surface area contributed by atoms with Crippen LogP contribution in [0, 0.1) is 11.8 Å². The maximum Gasteiger partial charge on any atom is 0.338 e. The first-order valence-corrected chi connectivity index (χ1v) is 16.9. The van der Waals surface area contributed by atoms with Gasteiger partial charge in [-0.25, -0.2) is 17.5 Å². The molecule has 252 valence electrons. The molecule has 2 heterocycles. The van der Waals surface area contributed by atoms with Crippen molar-refractivity contribution in [3.8, 4) is 46.3 Å². The highest BCUT2D eigenvalue weighted by molar-refractivity contribution is 7.89. The smallest absolute Gasteiger partial charge is 0.338 e. The Bertz CT molecular complexity index is 1490. The highest BCUT2D eigenvalue weighted by Crippen LogP contribution is 2.39. The summed E-state index contributed by atoms with van der Waals surface area (Å²) in [7, 11) is 4.06. The molecule has 0 aliphatic carbocycles. The van der Waals surface area contributed by atoms with Crippen LogP contribution < -0.4 is 28.4 Å². The number of esters is 1. The fourth-order valence-electron chi connectivity index (χ4n) is 5.53. The Balaban J connectivity index is 1.59. The van der Waals surface area contributed by atoms with E-state index in [0.717, 1.165) is 6.54 Å². The van der Waals surface area contributed by atoms with Crippen LogP contribution in [-0.2, 0) is 14.8 Å². The molecule has 0 amide bonds. The Morgan fingerprint density at radius 1 is 0.804 bits per heavy atom. The molecule has 0 aromatic heterocycles. The summed E-state index contributed by atoms with van der Waals surface area (Å²) >= 11 is 0. The molecule has 2 aromatic rings. The number of carbonyl (C=O) groups excluding carboxylic acids is 1. The van der Waals surface area contributed by atoms with Gasteiger partial charge in [-0.05, 0) is 56.5 Å². The Labute approximate surface area is 271 Å². The van der Waals surface area contributed by atoms with Crippen molar-refractivity contribution in [1.82, 2.24) is 9.21 Å². The van der Waals surface area contributed by atoms with E-state index in [1.54, 1.807) is 28.6 Å².